The highest BCUT2D eigenvalue weighted by atomic mass is 16.2. The summed E-state index contributed by atoms with van der Waals surface area (Å²) in [6.07, 6.45) is 5.29. The van der Waals surface area contributed by atoms with Gasteiger partial charge in [-0.2, -0.15) is 0 Å². The molecule has 2 aromatic rings. The Morgan fingerprint density at radius 1 is 1.27 bits per heavy atom. The number of hydrogen-bond acceptors (Lipinski definition) is 4. The van der Waals surface area contributed by atoms with E-state index in [1.165, 1.54) is 0 Å². The molecule has 1 saturated heterocycles. The SMILES string of the molecule is Cc1cn(C2CCN(Cc3ccccn3)CC2)c(=O)[nH]c1=O. The second kappa shape index (κ2) is 6.27. The van der Waals surface area contributed by atoms with E-state index in [0.29, 0.717) is 5.56 Å². The van der Waals surface area contributed by atoms with Crippen LogP contribution in [-0.2, 0) is 6.54 Å². The van der Waals surface area contributed by atoms with Gasteiger partial charge in [0.15, 0.2) is 0 Å². The van der Waals surface area contributed by atoms with Gasteiger partial charge in [-0.25, -0.2) is 4.79 Å². The van der Waals surface area contributed by atoms with Crippen molar-refractivity contribution in [1.29, 1.82) is 0 Å². The van der Waals surface area contributed by atoms with Gasteiger partial charge in [0.1, 0.15) is 0 Å². The first-order valence-corrected chi connectivity index (χ1v) is 7.58. The summed E-state index contributed by atoms with van der Waals surface area (Å²) in [4.78, 5) is 32.5. The van der Waals surface area contributed by atoms with Crippen molar-refractivity contribution in [3.63, 3.8) is 0 Å². The fourth-order valence-corrected chi connectivity index (χ4v) is 2.93. The highest BCUT2D eigenvalue weighted by molar-refractivity contribution is 5.04. The topological polar surface area (TPSA) is 71.0 Å². The highest BCUT2D eigenvalue weighted by Crippen LogP contribution is 2.21. The van der Waals surface area contributed by atoms with Crippen LogP contribution in [0.4, 0.5) is 0 Å². The predicted molar refractivity (Wildman–Crippen MR) is 83.8 cm³/mol. The highest BCUT2D eigenvalue weighted by Gasteiger charge is 2.22. The number of hydrogen-bond donors (Lipinski definition) is 1. The minimum Gasteiger partial charge on any atom is -0.297 e. The maximum atomic E-state index is 11.9. The molecule has 0 aromatic carbocycles. The van der Waals surface area contributed by atoms with Crippen molar-refractivity contribution in [1.82, 2.24) is 19.4 Å². The maximum Gasteiger partial charge on any atom is 0.328 e. The van der Waals surface area contributed by atoms with Crippen LogP contribution in [0.3, 0.4) is 0 Å². The predicted octanol–water partition coefficient (Wildman–Crippen LogP) is 1.08. The summed E-state index contributed by atoms with van der Waals surface area (Å²) in [7, 11) is 0. The summed E-state index contributed by atoms with van der Waals surface area (Å²) >= 11 is 0. The molecular weight excluding hydrogens is 280 g/mol. The van der Waals surface area contributed by atoms with Gasteiger partial charge in [-0.15, -0.1) is 0 Å². The van der Waals surface area contributed by atoms with E-state index in [2.05, 4.69) is 14.9 Å². The fraction of sp³-hybridized carbons (Fsp3) is 0.438. The van der Waals surface area contributed by atoms with Crippen molar-refractivity contribution >= 4 is 0 Å². The van der Waals surface area contributed by atoms with Crippen molar-refractivity contribution in [3.8, 4) is 0 Å². The molecule has 3 heterocycles. The summed E-state index contributed by atoms with van der Waals surface area (Å²) in [5.74, 6) is 0. The van der Waals surface area contributed by atoms with E-state index in [1.54, 1.807) is 17.7 Å². The van der Waals surface area contributed by atoms with Gasteiger partial charge in [-0.3, -0.25) is 24.2 Å². The summed E-state index contributed by atoms with van der Waals surface area (Å²) in [5.41, 5.74) is 1.04. The van der Waals surface area contributed by atoms with E-state index in [-0.39, 0.29) is 17.3 Å². The fourth-order valence-electron chi connectivity index (χ4n) is 2.93. The molecule has 116 valence electrons. The normalized spacial score (nSPS) is 16.8. The molecule has 0 unspecified atom stereocenters. The zero-order chi connectivity index (χ0) is 15.5. The van der Waals surface area contributed by atoms with Gasteiger partial charge in [0.05, 0.1) is 5.69 Å². The standard InChI is InChI=1S/C16H20N4O2/c1-12-10-20(16(22)18-15(12)21)14-5-8-19(9-6-14)11-13-4-2-3-7-17-13/h2-4,7,10,14H,5-6,8-9,11H2,1H3,(H,18,21,22). The number of piperidine rings is 1. The molecule has 0 spiro atoms. The Hall–Kier alpha value is -2.21. The minimum atomic E-state index is -0.307. The van der Waals surface area contributed by atoms with E-state index < -0.39 is 0 Å². The summed E-state index contributed by atoms with van der Waals surface area (Å²) in [5, 5.41) is 0. The van der Waals surface area contributed by atoms with Gasteiger partial charge in [0, 0.05) is 43.6 Å². The summed E-state index contributed by atoms with van der Waals surface area (Å²) in [6.45, 7) is 4.41. The van der Waals surface area contributed by atoms with Crippen LogP contribution in [0.1, 0.15) is 30.1 Å². The van der Waals surface area contributed by atoms with E-state index in [1.807, 2.05) is 24.4 Å². The van der Waals surface area contributed by atoms with Crippen LogP contribution in [0.25, 0.3) is 0 Å². The molecule has 0 aliphatic carbocycles. The molecule has 0 radical (unpaired) electrons. The van der Waals surface area contributed by atoms with Gasteiger partial charge >= 0.3 is 5.69 Å². The van der Waals surface area contributed by atoms with Crippen LogP contribution < -0.4 is 11.2 Å². The average Bonchev–Trinajstić information content (AvgIpc) is 2.53. The average molecular weight is 300 g/mol. The van der Waals surface area contributed by atoms with Gasteiger partial charge in [-0.05, 0) is 31.9 Å². The van der Waals surface area contributed by atoms with Crippen molar-refractivity contribution in [2.75, 3.05) is 13.1 Å². The van der Waals surface area contributed by atoms with Gasteiger partial charge in [0.2, 0.25) is 0 Å². The van der Waals surface area contributed by atoms with Gasteiger partial charge in [0.25, 0.3) is 5.56 Å². The maximum absolute atomic E-state index is 11.9. The number of aromatic nitrogens is 3. The number of rotatable bonds is 3. The van der Waals surface area contributed by atoms with Crippen LogP contribution in [0, 0.1) is 6.92 Å². The molecule has 1 N–H and O–H groups in total. The van der Waals surface area contributed by atoms with Crippen molar-refractivity contribution in [3.05, 3.63) is 62.7 Å². The lowest BCUT2D eigenvalue weighted by molar-refractivity contribution is 0.175. The number of aryl methyl sites for hydroxylation is 1. The zero-order valence-corrected chi connectivity index (χ0v) is 12.7. The lowest BCUT2D eigenvalue weighted by Crippen LogP contribution is -2.39. The Balaban J connectivity index is 1.66. The van der Waals surface area contributed by atoms with E-state index >= 15 is 0 Å². The smallest absolute Gasteiger partial charge is 0.297 e. The summed E-state index contributed by atoms with van der Waals surface area (Å²) in [6, 6.07) is 6.10. The quantitative estimate of drug-likeness (QED) is 0.920. The Bertz CT molecular complexity index is 743. The molecule has 0 amide bonds. The lowest BCUT2D eigenvalue weighted by atomic mass is 10.0. The number of H-pyrrole nitrogens is 1. The van der Waals surface area contributed by atoms with Crippen molar-refractivity contribution in [2.24, 2.45) is 0 Å². The van der Waals surface area contributed by atoms with Crippen molar-refractivity contribution < 1.29 is 0 Å². The van der Waals surface area contributed by atoms with Crippen LogP contribution in [0.2, 0.25) is 0 Å². The Morgan fingerprint density at radius 2 is 2.05 bits per heavy atom. The molecule has 22 heavy (non-hydrogen) atoms. The molecule has 3 rings (SSSR count). The molecule has 0 saturated carbocycles. The molecule has 6 heteroatoms. The molecule has 2 aromatic heterocycles. The molecular formula is C16H20N4O2. The zero-order valence-electron chi connectivity index (χ0n) is 12.7. The lowest BCUT2D eigenvalue weighted by Gasteiger charge is -2.32. The third-order valence-electron chi connectivity index (χ3n) is 4.21. The third kappa shape index (κ3) is 3.17. The number of nitrogens with zero attached hydrogens (tertiary/aromatic N) is 3. The Morgan fingerprint density at radius 3 is 2.73 bits per heavy atom. The molecule has 6 nitrogen and oxygen atoms in total. The third-order valence-corrected chi connectivity index (χ3v) is 4.21. The molecule has 1 aliphatic heterocycles. The van der Waals surface area contributed by atoms with Gasteiger partial charge < -0.3 is 0 Å². The van der Waals surface area contributed by atoms with Crippen LogP contribution in [0.5, 0.6) is 0 Å². The van der Waals surface area contributed by atoms with E-state index in [9.17, 15) is 9.59 Å². The second-order valence-electron chi connectivity index (χ2n) is 5.81. The first-order valence-electron chi connectivity index (χ1n) is 7.58. The second-order valence-corrected chi connectivity index (χ2v) is 5.81. The van der Waals surface area contributed by atoms with Crippen LogP contribution in [0.15, 0.2) is 40.2 Å². The number of aromatic amines is 1. The molecule has 0 atom stereocenters. The number of likely N-dealkylation sites (tertiary alicyclic amines) is 1. The minimum absolute atomic E-state index is 0.156. The van der Waals surface area contributed by atoms with Crippen LogP contribution >= 0.6 is 0 Å². The first kappa shape index (κ1) is 14.7. The van der Waals surface area contributed by atoms with Gasteiger partial charge in [-0.1, -0.05) is 6.07 Å². The van der Waals surface area contributed by atoms with E-state index in [4.69, 9.17) is 0 Å². The Labute approximate surface area is 128 Å². The molecule has 0 bridgehead atoms. The number of nitrogens with one attached hydrogen (secondary N) is 1. The summed E-state index contributed by atoms with van der Waals surface area (Å²) < 4.78 is 1.68. The molecule has 1 fully saturated rings. The largest absolute Gasteiger partial charge is 0.328 e. The van der Waals surface area contributed by atoms with Crippen molar-refractivity contribution in [2.45, 2.75) is 32.4 Å². The van der Waals surface area contributed by atoms with Crippen LogP contribution in [-0.4, -0.2) is 32.5 Å². The first-order chi connectivity index (χ1) is 10.6. The number of pyridine rings is 1. The molecule has 1 aliphatic rings. The monoisotopic (exact) mass is 300 g/mol. The van der Waals surface area contributed by atoms with E-state index in [0.717, 1.165) is 38.2 Å². The Kier molecular flexibility index (Phi) is 4.20.